The standard InChI is InChI=1S/C15H23N5/c1-13(2)18-14(11-16)12-19-7-9-20(10-8-19)15-5-3-4-6-17-15/h3-6,13-14,18H,7-10,12H2,1-2H3. The summed E-state index contributed by atoms with van der Waals surface area (Å²) in [7, 11) is 0. The molecule has 0 saturated carbocycles. The third-order valence-electron chi connectivity index (χ3n) is 3.48. The van der Waals surface area contributed by atoms with Gasteiger partial charge in [-0.15, -0.1) is 0 Å². The van der Waals surface area contributed by atoms with Crippen molar-refractivity contribution in [1.29, 1.82) is 5.26 Å². The first-order valence-corrected chi connectivity index (χ1v) is 7.23. The van der Waals surface area contributed by atoms with Crippen molar-refractivity contribution in [1.82, 2.24) is 15.2 Å². The summed E-state index contributed by atoms with van der Waals surface area (Å²) < 4.78 is 0. The Morgan fingerprint density at radius 2 is 2.05 bits per heavy atom. The fourth-order valence-corrected chi connectivity index (χ4v) is 2.49. The van der Waals surface area contributed by atoms with Gasteiger partial charge in [-0.2, -0.15) is 5.26 Å². The summed E-state index contributed by atoms with van der Waals surface area (Å²) in [5.41, 5.74) is 0. The van der Waals surface area contributed by atoms with Crippen molar-refractivity contribution in [3.05, 3.63) is 24.4 Å². The second-order valence-electron chi connectivity index (χ2n) is 5.48. The van der Waals surface area contributed by atoms with Gasteiger partial charge >= 0.3 is 0 Å². The smallest absolute Gasteiger partial charge is 0.128 e. The van der Waals surface area contributed by atoms with Crippen LogP contribution in [0.4, 0.5) is 5.82 Å². The number of pyridine rings is 1. The molecule has 1 N–H and O–H groups in total. The molecule has 1 aromatic rings. The van der Waals surface area contributed by atoms with Crippen LogP contribution in [-0.2, 0) is 0 Å². The number of nitrogens with zero attached hydrogens (tertiary/aromatic N) is 4. The summed E-state index contributed by atoms with van der Waals surface area (Å²) >= 11 is 0. The van der Waals surface area contributed by atoms with E-state index in [-0.39, 0.29) is 6.04 Å². The minimum absolute atomic E-state index is 0.0867. The Morgan fingerprint density at radius 1 is 1.30 bits per heavy atom. The number of aromatic nitrogens is 1. The number of nitrogens with one attached hydrogen (secondary N) is 1. The Bertz CT molecular complexity index is 431. The van der Waals surface area contributed by atoms with Crippen LogP contribution < -0.4 is 10.2 Å². The number of hydrogen-bond donors (Lipinski definition) is 1. The maximum atomic E-state index is 9.18. The SMILES string of the molecule is CC(C)NC(C#N)CN1CCN(c2ccccn2)CC1. The second kappa shape index (κ2) is 7.22. The zero-order valence-electron chi connectivity index (χ0n) is 12.3. The van der Waals surface area contributed by atoms with E-state index >= 15 is 0 Å². The van der Waals surface area contributed by atoms with Crippen LogP contribution >= 0.6 is 0 Å². The largest absolute Gasteiger partial charge is 0.354 e. The van der Waals surface area contributed by atoms with Crippen LogP contribution in [0.3, 0.4) is 0 Å². The first kappa shape index (κ1) is 14.8. The van der Waals surface area contributed by atoms with Crippen LogP contribution in [0.2, 0.25) is 0 Å². The van der Waals surface area contributed by atoms with Crippen molar-refractivity contribution in [2.24, 2.45) is 0 Å². The molecule has 5 heteroatoms. The molecule has 0 aromatic carbocycles. The minimum atomic E-state index is -0.0867. The number of anilines is 1. The van der Waals surface area contributed by atoms with Gasteiger partial charge in [0.25, 0.3) is 0 Å². The lowest BCUT2D eigenvalue weighted by atomic mass is 10.2. The predicted molar refractivity (Wildman–Crippen MR) is 80.6 cm³/mol. The van der Waals surface area contributed by atoms with Gasteiger partial charge < -0.3 is 4.90 Å². The highest BCUT2D eigenvalue weighted by Gasteiger charge is 2.20. The zero-order valence-corrected chi connectivity index (χ0v) is 12.3. The molecule has 108 valence electrons. The molecule has 1 unspecified atom stereocenters. The van der Waals surface area contributed by atoms with Gasteiger partial charge in [-0.05, 0) is 26.0 Å². The van der Waals surface area contributed by atoms with Gasteiger partial charge in [-0.1, -0.05) is 6.07 Å². The van der Waals surface area contributed by atoms with Crippen LogP contribution in [0.5, 0.6) is 0 Å². The third-order valence-corrected chi connectivity index (χ3v) is 3.48. The molecule has 1 aromatic heterocycles. The lowest BCUT2D eigenvalue weighted by Crippen LogP contribution is -2.51. The van der Waals surface area contributed by atoms with E-state index in [1.807, 2.05) is 24.4 Å². The van der Waals surface area contributed by atoms with E-state index in [1.54, 1.807) is 0 Å². The average Bonchev–Trinajstić information content (AvgIpc) is 2.48. The number of rotatable bonds is 5. The van der Waals surface area contributed by atoms with Gasteiger partial charge in [-0.3, -0.25) is 10.2 Å². The molecule has 20 heavy (non-hydrogen) atoms. The number of hydrogen-bond acceptors (Lipinski definition) is 5. The molecule has 2 rings (SSSR count). The molecule has 0 aliphatic carbocycles. The molecule has 0 amide bonds. The van der Waals surface area contributed by atoms with Crippen molar-refractivity contribution in [3.63, 3.8) is 0 Å². The maximum absolute atomic E-state index is 9.18. The Balaban J connectivity index is 1.81. The third kappa shape index (κ3) is 4.19. The molecule has 1 atom stereocenters. The lowest BCUT2D eigenvalue weighted by Gasteiger charge is -2.36. The molecular formula is C15H23N5. The Kier molecular flexibility index (Phi) is 5.33. The van der Waals surface area contributed by atoms with Crippen LogP contribution in [0.25, 0.3) is 0 Å². The van der Waals surface area contributed by atoms with Crippen molar-refractivity contribution in [2.75, 3.05) is 37.6 Å². The van der Waals surface area contributed by atoms with Crippen LogP contribution in [-0.4, -0.2) is 54.7 Å². The predicted octanol–water partition coefficient (Wildman–Crippen LogP) is 1.09. The molecular weight excluding hydrogens is 250 g/mol. The summed E-state index contributed by atoms with van der Waals surface area (Å²) in [6, 6.07) is 8.61. The average molecular weight is 273 g/mol. The topological polar surface area (TPSA) is 55.2 Å². The molecule has 0 bridgehead atoms. The highest BCUT2D eigenvalue weighted by molar-refractivity contribution is 5.38. The maximum Gasteiger partial charge on any atom is 0.128 e. The first-order chi connectivity index (χ1) is 9.69. The number of nitriles is 1. The molecule has 0 radical (unpaired) electrons. The van der Waals surface area contributed by atoms with Crippen molar-refractivity contribution >= 4 is 5.82 Å². The van der Waals surface area contributed by atoms with Crippen molar-refractivity contribution < 1.29 is 0 Å². The van der Waals surface area contributed by atoms with Gasteiger partial charge in [0.2, 0.25) is 0 Å². The summed E-state index contributed by atoms with van der Waals surface area (Å²) in [6.45, 7) is 8.84. The Labute approximate surface area is 121 Å². The summed E-state index contributed by atoms with van der Waals surface area (Å²) in [6.07, 6.45) is 1.83. The molecule has 1 saturated heterocycles. The molecule has 1 aliphatic rings. The molecule has 1 aliphatic heterocycles. The second-order valence-corrected chi connectivity index (χ2v) is 5.48. The minimum Gasteiger partial charge on any atom is -0.354 e. The summed E-state index contributed by atoms with van der Waals surface area (Å²) in [5.74, 6) is 1.05. The van der Waals surface area contributed by atoms with E-state index in [0.717, 1.165) is 38.5 Å². The van der Waals surface area contributed by atoms with Gasteiger partial charge in [0.15, 0.2) is 0 Å². The van der Waals surface area contributed by atoms with E-state index in [4.69, 9.17) is 0 Å². The van der Waals surface area contributed by atoms with Gasteiger partial charge in [0.05, 0.1) is 6.07 Å². The van der Waals surface area contributed by atoms with E-state index in [1.165, 1.54) is 0 Å². The summed E-state index contributed by atoms with van der Waals surface area (Å²) in [4.78, 5) is 9.04. The fraction of sp³-hybridized carbons (Fsp3) is 0.600. The molecule has 1 fully saturated rings. The number of piperazine rings is 1. The Morgan fingerprint density at radius 3 is 2.60 bits per heavy atom. The highest BCUT2D eigenvalue weighted by Crippen LogP contribution is 2.12. The first-order valence-electron chi connectivity index (χ1n) is 7.23. The van der Waals surface area contributed by atoms with Gasteiger partial charge in [-0.25, -0.2) is 4.98 Å². The molecule has 0 spiro atoms. The summed E-state index contributed by atoms with van der Waals surface area (Å²) in [5, 5.41) is 12.5. The van der Waals surface area contributed by atoms with Gasteiger partial charge in [0.1, 0.15) is 11.9 Å². The van der Waals surface area contributed by atoms with Crippen LogP contribution in [0.1, 0.15) is 13.8 Å². The van der Waals surface area contributed by atoms with Crippen LogP contribution in [0, 0.1) is 11.3 Å². The zero-order chi connectivity index (χ0) is 14.4. The van der Waals surface area contributed by atoms with Gasteiger partial charge in [0, 0.05) is 45.0 Å². The monoisotopic (exact) mass is 273 g/mol. The van der Waals surface area contributed by atoms with Crippen molar-refractivity contribution in [2.45, 2.75) is 25.9 Å². The van der Waals surface area contributed by atoms with E-state index < -0.39 is 0 Å². The van der Waals surface area contributed by atoms with E-state index in [9.17, 15) is 5.26 Å². The lowest BCUT2D eigenvalue weighted by molar-refractivity contribution is 0.239. The van der Waals surface area contributed by atoms with Crippen molar-refractivity contribution in [3.8, 4) is 6.07 Å². The quantitative estimate of drug-likeness (QED) is 0.870. The Hall–Kier alpha value is -1.64. The molecule has 2 heterocycles. The van der Waals surface area contributed by atoms with E-state index in [2.05, 4.69) is 40.0 Å². The highest BCUT2D eigenvalue weighted by atomic mass is 15.3. The van der Waals surface area contributed by atoms with Crippen LogP contribution in [0.15, 0.2) is 24.4 Å². The fourth-order valence-electron chi connectivity index (χ4n) is 2.49. The van der Waals surface area contributed by atoms with E-state index in [0.29, 0.717) is 6.04 Å². The molecule has 5 nitrogen and oxygen atoms in total. The normalized spacial score (nSPS) is 18.0.